The molecular weight excluding hydrogens is 296 g/mol. The Hall–Kier alpha value is -2.79. The zero-order valence-electron chi connectivity index (χ0n) is 12.9. The minimum atomic E-state index is -1.02. The molecule has 5 heteroatoms. The summed E-state index contributed by atoms with van der Waals surface area (Å²) in [4.78, 5) is 12.4. The van der Waals surface area contributed by atoms with Gasteiger partial charge in [-0.25, -0.2) is 0 Å². The summed E-state index contributed by atoms with van der Waals surface area (Å²) in [6, 6.07) is 10.3. The smallest absolute Gasteiger partial charge is 0.197 e. The largest absolute Gasteiger partial charge is 0.507 e. The lowest BCUT2D eigenvalue weighted by Gasteiger charge is -2.09. The SMILES string of the molecule is C=C/C(O)=c1/c(=O)cc(-c2ccccc2)o/c1=C(\OC)C(C)O. The molecule has 0 spiro atoms. The third kappa shape index (κ3) is 3.35. The van der Waals surface area contributed by atoms with E-state index in [0.29, 0.717) is 11.3 Å². The minimum absolute atomic E-state index is 0.0220. The Labute approximate surface area is 133 Å². The molecular formula is C18H18O5. The van der Waals surface area contributed by atoms with E-state index in [1.807, 2.05) is 18.2 Å². The molecule has 0 bridgehead atoms. The van der Waals surface area contributed by atoms with Crippen molar-refractivity contribution in [1.29, 1.82) is 0 Å². The highest BCUT2D eigenvalue weighted by Gasteiger charge is 2.14. The molecule has 0 radical (unpaired) electrons. The first-order valence-corrected chi connectivity index (χ1v) is 7.01. The van der Waals surface area contributed by atoms with E-state index in [-0.39, 0.29) is 22.2 Å². The number of hydrogen-bond acceptors (Lipinski definition) is 5. The number of aliphatic hydroxyl groups excluding tert-OH is 2. The molecule has 120 valence electrons. The number of hydrogen-bond donors (Lipinski definition) is 2. The molecule has 0 aliphatic heterocycles. The van der Waals surface area contributed by atoms with Crippen molar-refractivity contribution in [3.05, 3.63) is 69.9 Å². The van der Waals surface area contributed by atoms with Gasteiger partial charge in [0, 0.05) is 11.6 Å². The van der Waals surface area contributed by atoms with Gasteiger partial charge in [0.05, 0.1) is 7.11 Å². The van der Waals surface area contributed by atoms with E-state index < -0.39 is 11.5 Å². The van der Waals surface area contributed by atoms with Crippen LogP contribution in [0.3, 0.4) is 0 Å². The predicted octanol–water partition coefficient (Wildman–Crippen LogP) is 1.29. The molecule has 0 saturated carbocycles. The summed E-state index contributed by atoms with van der Waals surface area (Å²) in [5.74, 6) is 0.00764. The van der Waals surface area contributed by atoms with Crippen molar-refractivity contribution in [3.63, 3.8) is 0 Å². The second-order valence-electron chi connectivity index (χ2n) is 4.88. The summed E-state index contributed by atoms with van der Waals surface area (Å²) < 4.78 is 10.9. The Kier molecular flexibility index (Phi) is 5.03. The van der Waals surface area contributed by atoms with Crippen LogP contribution in [0.5, 0.6) is 0 Å². The highest BCUT2D eigenvalue weighted by atomic mass is 16.5. The first kappa shape index (κ1) is 16.6. The van der Waals surface area contributed by atoms with Crippen LogP contribution in [0, 0.1) is 0 Å². The van der Waals surface area contributed by atoms with Gasteiger partial charge in [0.1, 0.15) is 22.8 Å². The van der Waals surface area contributed by atoms with E-state index in [2.05, 4.69) is 6.58 Å². The maximum Gasteiger partial charge on any atom is 0.197 e. The molecule has 0 saturated heterocycles. The third-order valence-corrected chi connectivity index (χ3v) is 3.28. The monoisotopic (exact) mass is 314 g/mol. The van der Waals surface area contributed by atoms with Gasteiger partial charge in [-0.2, -0.15) is 0 Å². The molecule has 0 amide bonds. The van der Waals surface area contributed by atoms with E-state index in [9.17, 15) is 15.0 Å². The molecule has 23 heavy (non-hydrogen) atoms. The van der Waals surface area contributed by atoms with Gasteiger partial charge in [0.2, 0.25) is 0 Å². The van der Waals surface area contributed by atoms with Crippen LogP contribution in [0.4, 0.5) is 0 Å². The fourth-order valence-electron chi connectivity index (χ4n) is 2.21. The summed E-state index contributed by atoms with van der Waals surface area (Å²) in [6.45, 7) is 4.92. The molecule has 5 nitrogen and oxygen atoms in total. The molecule has 2 aromatic rings. The Morgan fingerprint density at radius 3 is 2.52 bits per heavy atom. The Bertz CT molecular complexity index is 876. The first-order valence-electron chi connectivity index (χ1n) is 7.01. The maximum atomic E-state index is 12.4. The number of benzene rings is 1. The van der Waals surface area contributed by atoms with Crippen LogP contribution >= 0.6 is 0 Å². The Balaban J connectivity index is 3.01. The quantitative estimate of drug-likeness (QED) is 0.889. The summed E-state index contributed by atoms with van der Waals surface area (Å²) in [7, 11) is 1.35. The van der Waals surface area contributed by atoms with Crippen LogP contribution in [0.25, 0.3) is 22.8 Å². The van der Waals surface area contributed by atoms with Crippen LogP contribution in [0.2, 0.25) is 0 Å². The van der Waals surface area contributed by atoms with E-state index in [4.69, 9.17) is 9.15 Å². The van der Waals surface area contributed by atoms with Gasteiger partial charge in [-0.05, 0) is 13.0 Å². The van der Waals surface area contributed by atoms with Crippen molar-refractivity contribution in [2.75, 3.05) is 7.11 Å². The molecule has 0 fully saturated rings. The molecule has 1 atom stereocenters. The van der Waals surface area contributed by atoms with Crippen molar-refractivity contribution in [2.24, 2.45) is 0 Å². The highest BCUT2D eigenvalue weighted by Crippen LogP contribution is 2.15. The molecule has 0 aliphatic rings. The van der Waals surface area contributed by atoms with Gasteiger partial charge in [-0.3, -0.25) is 4.79 Å². The zero-order valence-corrected chi connectivity index (χ0v) is 12.9. The second kappa shape index (κ2) is 6.98. The van der Waals surface area contributed by atoms with Crippen molar-refractivity contribution in [3.8, 4) is 11.3 Å². The van der Waals surface area contributed by atoms with E-state index >= 15 is 0 Å². The predicted molar refractivity (Wildman–Crippen MR) is 88.0 cm³/mol. The molecule has 0 aliphatic carbocycles. The van der Waals surface area contributed by atoms with Crippen LogP contribution < -0.4 is 16.1 Å². The normalized spacial score (nSPS) is 14.7. The van der Waals surface area contributed by atoms with Crippen molar-refractivity contribution < 1.29 is 19.4 Å². The van der Waals surface area contributed by atoms with Crippen LogP contribution in [-0.4, -0.2) is 23.4 Å². The van der Waals surface area contributed by atoms with Gasteiger partial charge in [-0.15, -0.1) is 0 Å². The Morgan fingerprint density at radius 2 is 2.00 bits per heavy atom. The first-order chi connectivity index (χ1) is 11.0. The summed E-state index contributed by atoms with van der Waals surface area (Å²) in [5, 5.41) is 19.7. The topological polar surface area (TPSA) is 79.9 Å². The van der Waals surface area contributed by atoms with Gasteiger partial charge in [0.15, 0.2) is 16.6 Å². The lowest BCUT2D eigenvalue weighted by atomic mass is 10.1. The average molecular weight is 314 g/mol. The molecule has 2 rings (SSSR count). The minimum Gasteiger partial charge on any atom is -0.507 e. The summed E-state index contributed by atoms with van der Waals surface area (Å²) in [6.07, 6.45) is 0.110. The standard InChI is InChI=1S/C18H18O5/c1-4-13(20)16-14(21)10-15(12-8-6-5-7-9-12)23-18(16)17(22-3)11(2)19/h4-11,19-20H,1H2,2-3H3/b16-13+,18-17-. The summed E-state index contributed by atoms with van der Waals surface area (Å²) in [5.41, 5.74) is 0.209. The van der Waals surface area contributed by atoms with Gasteiger partial charge in [-0.1, -0.05) is 36.9 Å². The summed E-state index contributed by atoms with van der Waals surface area (Å²) >= 11 is 0. The number of rotatable bonds is 4. The molecule has 2 N–H and O–H groups in total. The van der Waals surface area contributed by atoms with E-state index in [1.165, 1.54) is 20.1 Å². The fraction of sp³-hybridized carbons (Fsp3) is 0.167. The van der Waals surface area contributed by atoms with E-state index in [0.717, 1.165) is 6.08 Å². The number of methoxy groups -OCH3 is 1. The molecule has 1 heterocycles. The van der Waals surface area contributed by atoms with Crippen LogP contribution in [-0.2, 0) is 4.74 Å². The third-order valence-electron chi connectivity index (χ3n) is 3.28. The number of aliphatic hydroxyl groups is 2. The van der Waals surface area contributed by atoms with Gasteiger partial charge >= 0.3 is 0 Å². The highest BCUT2D eigenvalue weighted by molar-refractivity contribution is 5.58. The molecule has 1 aromatic heterocycles. The zero-order chi connectivity index (χ0) is 17.0. The number of ether oxygens (including phenoxy) is 1. The van der Waals surface area contributed by atoms with Crippen molar-refractivity contribution in [2.45, 2.75) is 13.0 Å². The van der Waals surface area contributed by atoms with Crippen molar-refractivity contribution in [1.82, 2.24) is 0 Å². The second-order valence-corrected chi connectivity index (χ2v) is 4.88. The molecule has 1 aromatic carbocycles. The Morgan fingerprint density at radius 1 is 1.35 bits per heavy atom. The van der Waals surface area contributed by atoms with E-state index in [1.54, 1.807) is 12.1 Å². The van der Waals surface area contributed by atoms with Gasteiger partial charge < -0.3 is 19.4 Å². The fourth-order valence-corrected chi connectivity index (χ4v) is 2.21. The molecule has 1 unspecified atom stereocenters. The maximum absolute atomic E-state index is 12.4. The van der Waals surface area contributed by atoms with Gasteiger partial charge in [0.25, 0.3) is 0 Å². The lowest BCUT2D eigenvalue weighted by Crippen LogP contribution is -2.43. The van der Waals surface area contributed by atoms with Crippen molar-refractivity contribution >= 4 is 11.5 Å². The average Bonchev–Trinajstić information content (AvgIpc) is 2.55. The lowest BCUT2D eigenvalue weighted by molar-refractivity contribution is 0.188. The van der Waals surface area contributed by atoms with Crippen LogP contribution in [0.1, 0.15) is 6.92 Å². The van der Waals surface area contributed by atoms with Crippen LogP contribution in [0.15, 0.2) is 58.3 Å².